The number of aryl methyl sites for hydroxylation is 1. The molecule has 1 aromatic carbocycles. The lowest BCUT2D eigenvalue weighted by Crippen LogP contribution is -2.19. The Morgan fingerprint density at radius 2 is 1.97 bits per heavy atom. The van der Waals surface area contributed by atoms with E-state index in [4.69, 9.17) is 9.47 Å². The number of carbonyl (C=O) groups is 2. The first-order valence-electron chi connectivity index (χ1n) is 12.6. The van der Waals surface area contributed by atoms with E-state index >= 15 is 0 Å². The number of rotatable bonds is 10. The van der Waals surface area contributed by atoms with Crippen LogP contribution in [0.4, 0.5) is 18.2 Å². The predicted molar refractivity (Wildman–Crippen MR) is 142 cm³/mol. The Morgan fingerprint density at radius 1 is 1.21 bits per heavy atom. The molecular formula is C26H29F3N4O4S2. The second-order valence-electron chi connectivity index (χ2n) is 9.16. The highest BCUT2D eigenvalue weighted by molar-refractivity contribution is 7.99. The van der Waals surface area contributed by atoms with Crippen LogP contribution in [0.5, 0.6) is 5.75 Å². The number of amides is 1. The molecular weight excluding hydrogens is 553 g/mol. The molecule has 1 aliphatic rings. The molecule has 0 spiro atoms. The van der Waals surface area contributed by atoms with Crippen LogP contribution in [0.2, 0.25) is 0 Å². The number of halogens is 3. The highest BCUT2D eigenvalue weighted by atomic mass is 32.2. The second kappa shape index (κ2) is 12.4. The van der Waals surface area contributed by atoms with Gasteiger partial charge in [0.25, 0.3) is 0 Å². The highest BCUT2D eigenvalue weighted by Gasteiger charge is 2.31. The maximum Gasteiger partial charge on any atom is 0.416 e. The number of thioether (sulfide) groups is 1. The molecule has 0 aliphatic heterocycles. The van der Waals surface area contributed by atoms with Gasteiger partial charge in [-0.25, -0.2) is 4.79 Å². The zero-order valence-electron chi connectivity index (χ0n) is 21.8. The number of thiophene rings is 1. The molecule has 39 heavy (non-hydrogen) atoms. The molecule has 0 unspecified atom stereocenters. The number of aromatic nitrogens is 3. The Bertz CT molecular complexity index is 1340. The molecule has 210 valence electrons. The summed E-state index contributed by atoms with van der Waals surface area (Å²) < 4.78 is 51.6. The van der Waals surface area contributed by atoms with Gasteiger partial charge in [0.2, 0.25) is 5.91 Å². The Kier molecular flexibility index (Phi) is 9.21. The SMILES string of the molecule is CCn1c(COc2cccc(C(F)(F)F)c2)nnc1SCC(=O)Nc1sc2c(c1C(=O)OC(C)C)CCCC2. The monoisotopic (exact) mass is 582 g/mol. The van der Waals surface area contributed by atoms with E-state index in [1.54, 1.807) is 18.4 Å². The van der Waals surface area contributed by atoms with Crippen LogP contribution in [0, 0.1) is 0 Å². The van der Waals surface area contributed by atoms with E-state index in [0.29, 0.717) is 28.1 Å². The molecule has 1 aliphatic carbocycles. The molecule has 0 bridgehead atoms. The van der Waals surface area contributed by atoms with Crippen LogP contribution in [0.1, 0.15) is 65.8 Å². The zero-order valence-corrected chi connectivity index (χ0v) is 23.4. The lowest BCUT2D eigenvalue weighted by atomic mass is 9.95. The largest absolute Gasteiger partial charge is 0.486 e. The van der Waals surface area contributed by atoms with Crippen molar-refractivity contribution in [1.82, 2.24) is 14.8 Å². The van der Waals surface area contributed by atoms with Gasteiger partial charge in [0.1, 0.15) is 17.4 Å². The van der Waals surface area contributed by atoms with E-state index in [0.717, 1.165) is 48.3 Å². The van der Waals surface area contributed by atoms with E-state index in [9.17, 15) is 22.8 Å². The first kappa shape index (κ1) is 28.9. The van der Waals surface area contributed by atoms with Crippen LogP contribution in [0.25, 0.3) is 0 Å². The van der Waals surface area contributed by atoms with Gasteiger partial charge < -0.3 is 19.4 Å². The molecule has 2 heterocycles. The summed E-state index contributed by atoms with van der Waals surface area (Å²) in [7, 11) is 0. The Morgan fingerprint density at radius 3 is 2.69 bits per heavy atom. The summed E-state index contributed by atoms with van der Waals surface area (Å²) in [6, 6.07) is 4.62. The summed E-state index contributed by atoms with van der Waals surface area (Å²) >= 11 is 2.59. The molecule has 0 atom stereocenters. The van der Waals surface area contributed by atoms with Crippen molar-refractivity contribution in [1.29, 1.82) is 0 Å². The maximum atomic E-state index is 13.0. The fourth-order valence-corrected chi connectivity index (χ4v) is 6.31. The van der Waals surface area contributed by atoms with Gasteiger partial charge in [-0.2, -0.15) is 13.2 Å². The summed E-state index contributed by atoms with van der Waals surface area (Å²) in [6.45, 7) is 5.82. The molecule has 13 heteroatoms. The molecule has 8 nitrogen and oxygen atoms in total. The fourth-order valence-electron chi connectivity index (χ4n) is 4.20. The molecule has 2 aromatic heterocycles. The average molecular weight is 583 g/mol. The number of esters is 1. The van der Waals surface area contributed by atoms with Gasteiger partial charge in [0.15, 0.2) is 11.0 Å². The number of anilines is 1. The molecule has 1 amide bonds. The van der Waals surface area contributed by atoms with Crippen molar-refractivity contribution in [2.75, 3.05) is 11.1 Å². The standard InChI is InChI=1S/C26H29F3N4O4S2/c1-4-33-20(13-36-17-9-7-8-16(12-17)26(27,28)29)31-32-25(33)38-14-21(34)30-23-22(24(35)37-15(2)3)18-10-5-6-11-19(18)39-23/h7-9,12,15H,4-6,10-11,13-14H2,1-3H3,(H,30,34). The third-order valence-electron chi connectivity index (χ3n) is 5.94. The molecule has 0 radical (unpaired) electrons. The third kappa shape index (κ3) is 7.13. The van der Waals surface area contributed by atoms with Crippen molar-refractivity contribution in [3.8, 4) is 5.75 Å². The van der Waals surface area contributed by atoms with E-state index in [1.807, 2.05) is 6.92 Å². The number of nitrogens with one attached hydrogen (secondary N) is 1. The number of carbonyl (C=O) groups excluding carboxylic acids is 2. The van der Waals surface area contributed by atoms with Crippen molar-refractivity contribution >= 4 is 40.0 Å². The van der Waals surface area contributed by atoms with Crippen LogP contribution in [0.3, 0.4) is 0 Å². The van der Waals surface area contributed by atoms with Gasteiger partial charge in [0, 0.05) is 11.4 Å². The molecule has 0 saturated carbocycles. The van der Waals surface area contributed by atoms with Crippen LogP contribution in [0.15, 0.2) is 29.4 Å². The van der Waals surface area contributed by atoms with Crippen molar-refractivity contribution in [3.63, 3.8) is 0 Å². The first-order valence-corrected chi connectivity index (χ1v) is 14.4. The predicted octanol–water partition coefficient (Wildman–Crippen LogP) is 6.13. The lowest BCUT2D eigenvalue weighted by Gasteiger charge is -2.14. The van der Waals surface area contributed by atoms with Crippen LogP contribution in [-0.2, 0) is 41.7 Å². The zero-order chi connectivity index (χ0) is 28.2. The van der Waals surface area contributed by atoms with E-state index in [2.05, 4.69) is 15.5 Å². The Hall–Kier alpha value is -3.06. The summed E-state index contributed by atoms with van der Waals surface area (Å²) in [5.74, 6) is -0.224. The average Bonchev–Trinajstić information content (AvgIpc) is 3.45. The van der Waals surface area contributed by atoms with Gasteiger partial charge in [-0.3, -0.25) is 4.79 Å². The Labute approximate surface area is 232 Å². The summed E-state index contributed by atoms with van der Waals surface area (Å²) in [5, 5.41) is 12.1. The molecule has 1 N–H and O–H groups in total. The number of fused-ring (bicyclic) bond motifs is 1. The van der Waals surface area contributed by atoms with Gasteiger partial charge in [-0.15, -0.1) is 21.5 Å². The second-order valence-corrected chi connectivity index (χ2v) is 11.2. The number of ether oxygens (including phenoxy) is 2. The van der Waals surface area contributed by atoms with Crippen LogP contribution >= 0.6 is 23.1 Å². The van der Waals surface area contributed by atoms with Crippen molar-refractivity contribution < 1.29 is 32.2 Å². The number of hydrogen-bond acceptors (Lipinski definition) is 8. The van der Waals surface area contributed by atoms with Crippen LogP contribution < -0.4 is 10.1 Å². The van der Waals surface area contributed by atoms with E-state index in [-0.39, 0.29) is 30.1 Å². The van der Waals surface area contributed by atoms with Crippen molar-refractivity contribution in [2.45, 2.75) is 77.0 Å². The van der Waals surface area contributed by atoms with Gasteiger partial charge in [0.05, 0.1) is 23.0 Å². The smallest absolute Gasteiger partial charge is 0.416 e. The summed E-state index contributed by atoms with van der Waals surface area (Å²) in [5.41, 5.74) is 0.620. The molecule has 4 rings (SSSR count). The van der Waals surface area contributed by atoms with Gasteiger partial charge >= 0.3 is 12.1 Å². The minimum atomic E-state index is -4.47. The molecule has 3 aromatic rings. The van der Waals surface area contributed by atoms with E-state index in [1.165, 1.54) is 35.2 Å². The number of benzene rings is 1. The number of alkyl halides is 3. The minimum absolute atomic E-state index is 0.0217. The molecule has 0 fully saturated rings. The van der Waals surface area contributed by atoms with Crippen LogP contribution in [-0.4, -0.2) is 38.5 Å². The minimum Gasteiger partial charge on any atom is -0.486 e. The number of nitrogens with zero attached hydrogens (tertiary/aromatic N) is 3. The maximum absolute atomic E-state index is 13.0. The Balaban J connectivity index is 1.40. The molecule has 0 saturated heterocycles. The fraction of sp³-hybridized carbons (Fsp3) is 0.462. The normalized spacial score (nSPS) is 13.3. The van der Waals surface area contributed by atoms with Gasteiger partial charge in [-0.1, -0.05) is 17.8 Å². The summed E-state index contributed by atoms with van der Waals surface area (Å²) in [6.07, 6.45) is -1.06. The number of hydrogen-bond donors (Lipinski definition) is 1. The third-order valence-corrected chi connectivity index (χ3v) is 8.12. The quantitative estimate of drug-likeness (QED) is 0.227. The van der Waals surface area contributed by atoms with Crippen molar-refractivity contribution in [2.24, 2.45) is 0 Å². The topological polar surface area (TPSA) is 95.3 Å². The first-order chi connectivity index (χ1) is 18.6. The lowest BCUT2D eigenvalue weighted by molar-refractivity contribution is -0.137. The van der Waals surface area contributed by atoms with Gasteiger partial charge in [-0.05, 0) is 70.2 Å². The van der Waals surface area contributed by atoms with Crippen molar-refractivity contribution in [3.05, 3.63) is 51.7 Å². The van der Waals surface area contributed by atoms with E-state index < -0.39 is 17.7 Å². The summed E-state index contributed by atoms with van der Waals surface area (Å²) in [4.78, 5) is 26.8. The highest BCUT2D eigenvalue weighted by Crippen LogP contribution is 2.39.